The Labute approximate surface area is 80.3 Å². The minimum absolute atomic E-state index is 0.0672. The van der Waals surface area contributed by atoms with Gasteiger partial charge in [-0.05, 0) is 25.9 Å². The van der Waals surface area contributed by atoms with Gasteiger partial charge < -0.3 is 10.6 Å². The van der Waals surface area contributed by atoms with Gasteiger partial charge >= 0.3 is 0 Å². The molecule has 1 saturated heterocycles. The molecule has 0 aromatic rings. The number of likely N-dealkylation sites (tertiary alicyclic amines) is 1. The van der Waals surface area contributed by atoms with E-state index in [-0.39, 0.29) is 17.7 Å². The van der Waals surface area contributed by atoms with E-state index in [1.54, 1.807) is 0 Å². The van der Waals surface area contributed by atoms with Crippen LogP contribution >= 0.6 is 0 Å². The summed E-state index contributed by atoms with van der Waals surface area (Å²) in [6.07, 6.45) is 2.51. The fourth-order valence-electron chi connectivity index (χ4n) is 1.76. The molecule has 1 rings (SSSR count). The SMILES string of the molecule is CC(C)C(=O)C(N)CN1CCCC1. The zero-order valence-corrected chi connectivity index (χ0v) is 8.62. The lowest BCUT2D eigenvalue weighted by Crippen LogP contribution is -2.43. The average Bonchev–Trinajstić information content (AvgIpc) is 2.55. The second-order valence-electron chi connectivity index (χ2n) is 4.17. The van der Waals surface area contributed by atoms with Gasteiger partial charge in [-0.3, -0.25) is 4.79 Å². The van der Waals surface area contributed by atoms with Crippen molar-refractivity contribution >= 4 is 5.78 Å². The molecule has 1 fully saturated rings. The maximum absolute atomic E-state index is 11.5. The van der Waals surface area contributed by atoms with Gasteiger partial charge in [-0.15, -0.1) is 0 Å². The summed E-state index contributed by atoms with van der Waals surface area (Å²) >= 11 is 0. The zero-order valence-electron chi connectivity index (χ0n) is 8.62. The summed E-state index contributed by atoms with van der Waals surface area (Å²) in [6, 6.07) is -0.280. The zero-order chi connectivity index (χ0) is 9.84. The number of nitrogens with zero attached hydrogens (tertiary/aromatic N) is 1. The Morgan fingerprint density at radius 1 is 1.38 bits per heavy atom. The number of rotatable bonds is 4. The third-order valence-electron chi connectivity index (χ3n) is 2.59. The molecule has 1 atom stereocenters. The fraction of sp³-hybridized carbons (Fsp3) is 0.900. The summed E-state index contributed by atoms with van der Waals surface area (Å²) < 4.78 is 0. The number of carbonyl (C=O) groups is 1. The molecule has 0 aromatic carbocycles. The Bertz CT molecular complexity index is 174. The number of carbonyl (C=O) groups excluding carboxylic acids is 1. The molecular formula is C10H20N2O. The first-order valence-electron chi connectivity index (χ1n) is 5.13. The number of nitrogens with two attached hydrogens (primary N) is 1. The maximum Gasteiger partial charge on any atom is 0.153 e. The molecule has 0 amide bonds. The van der Waals surface area contributed by atoms with E-state index in [0.717, 1.165) is 19.6 Å². The van der Waals surface area contributed by atoms with E-state index in [0.29, 0.717) is 0 Å². The second kappa shape index (κ2) is 4.72. The molecule has 1 unspecified atom stereocenters. The lowest BCUT2D eigenvalue weighted by molar-refractivity contribution is -0.123. The number of hydrogen-bond donors (Lipinski definition) is 1. The van der Waals surface area contributed by atoms with Gasteiger partial charge in [0, 0.05) is 12.5 Å². The molecule has 3 heteroatoms. The summed E-state index contributed by atoms with van der Waals surface area (Å²) in [5.74, 6) is 0.254. The minimum atomic E-state index is -0.280. The lowest BCUT2D eigenvalue weighted by Gasteiger charge is -2.20. The van der Waals surface area contributed by atoms with Crippen molar-refractivity contribution in [3.63, 3.8) is 0 Å². The first-order valence-corrected chi connectivity index (χ1v) is 5.13. The molecule has 0 bridgehead atoms. The molecule has 0 spiro atoms. The number of hydrogen-bond acceptors (Lipinski definition) is 3. The van der Waals surface area contributed by atoms with Crippen LogP contribution in [0.15, 0.2) is 0 Å². The maximum atomic E-state index is 11.5. The van der Waals surface area contributed by atoms with Crippen LogP contribution in [0.25, 0.3) is 0 Å². The Hall–Kier alpha value is -0.410. The van der Waals surface area contributed by atoms with Crippen molar-refractivity contribution in [1.82, 2.24) is 4.90 Å². The van der Waals surface area contributed by atoms with Crippen LogP contribution in [-0.2, 0) is 4.79 Å². The predicted octanol–water partition coefficient (Wildman–Crippen LogP) is 0.635. The van der Waals surface area contributed by atoms with Crippen LogP contribution in [0.2, 0.25) is 0 Å². The summed E-state index contributed by atoms with van der Waals surface area (Å²) in [5, 5.41) is 0. The molecule has 1 aliphatic heterocycles. The highest BCUT2D eigenvalue weighted by Crippen LogP contribution is 2.08. The highest BCUT2D eigenvalue weighted by atomic mass is 16.1. The number of ketones is 1. The van der Waals surface area contributed by atoms with Crippen molar-refractivity contribution in [2.45, 2.75) is 32.7 Å². The van der Waals surface area contributed by atoms with Crippen molar-refractivity contribution in [2.24, 2.45) is 11.7 Å². The van der Waals surface area contributed by atoms with Gasteiger partial charge in [0.25, 0.3) is 0 Å². The van der Waals surface area contributed by atoms with Crippen LogP contribution in [-0.4, -0.2) is 36.4 Å². The Morgan fingerprint density at radius 2 is 1.92 bits per heavy atom. The molecule has 1 aliphatic rings. The Morgan fingerprint density at radius 3 is 2.38 bits per heavy atom. The van der Waals surface area contributed by atoms with Gasteiger partial charge in [-0.25, -0.2) is 0 Å². The lowest BCUT2D eigenvalue weighted by atomic mass is 10.0. The Kier molecular flexibility index (Phi) is 3.88. The smallest absolute Gasteiger partial charge is 0.153 e. The van der Waals surface area contributed by atoms with Crippen molar-refractivity contribution in [3.05, 3.63) is 0 Å². The summed E-state index contributed by atoms with van der Waals surface area (Å²) in [4.78, 5) is 13.8. The van der Waals surface area contributed by atoms with E-state index in [2.05, 4.69) is 4.90 Å². The third kappa shape index (κ3) is 3.08. The molecule has 3 nitrogen and oxygen atoms in total. The fourth-order valence-corrected chi connectivity index (χ4v) is 1.76. The normalized spacial score (nSPS) is 20.9. The van der Waals surface area contributed by atoms with Crippen LogP contribution in [0.4, 0.5) is 0 Å². The minimum Gasteiger partial charge on any atom is -0.320 e. The van der Waals surface area contributed by atoms with Crippen LogP contribution in [0.3, 0.4) is 0 Å². The molecule has 0 aliphatic carbocycles. The van der Waals surface area contributed by atoms with E-state index in [1.165, 1.54) is 12.8 Å². The molecule has 76 valence electrons. The molecule has 0 saturated carbocycles. The van der Waals surface area contributed by atoms with Gasteiger partial charge in [0.15, 0.2) is 5.78 Å². The first kappa shape index (κ1) is 10.7. The van der Waals surface area contributed by atoms with Crippen molar-refractivity contribution < 1.29 is 4.79 Å². The van der Waals surface area contributed by atoms with Crippen molar-refractivity contribution in [1.29, 1.82) is 0 Å². The van der Waals surface area contributed by atoms with Crippen LogP contribution < -0.4 is 5.73 Å². The van der Waals surface area contributed by atoms with E-state index in [4.69, 9.17) is 5.73 Å². The topological polar surface area (TPSA) is 46.3 Å². The van der Waals surface area contributed by atoms with Gasteiger partial charge in [0.05, 0.1) is 6.04 Å². The largest absolute Gasteiger partial charge is 0.320 e. The van der Waals surface area contributed by atoms with Crippen LogP contribution in [0, 0.1) is 5.92 Å². The van der Waals surface area contributed by atoms with Crippen LogP contribution in [0.5, 0.6) is 0 Å². The summed E-state index contributed by atoms with van der Waals surface area (Å²) in [7, 11) is 0. The molecule has 0 radical (unpaired) electrons. The highest BCUT2D eigenvalue weighted by Gasteiger charge is 2.21. The Balaban J connectivity index is 2.31. The monoisotopic (exact) mass is 184 g/mol. The van der Waals surface area contributed by atoms with E-state index in [1.807, 2.05) is 13.8 Å². The van der Waals surface area contributed by atoms with Gasteiger partial charge in [-0.1, -0.05) is 13.8 Å². The molecule has 0 aromatic heterocycles. The van der Waals surface area contributed by atoms with Gasteiger partial charge in [0.2, 0.25) is 0 Å². The molecule has 1 heterocycles. The van der Waals surface area contributed by atoms with Gasteiger partial charge in [0.1, 0.15) is 0 Å². The van der Waals surface area contributed by atoms with Crippen molar-refractivity contribution in [3.8, 4) is 0 Å². The van der Waals surface area contributed by atoms with Crippen molar-refractivity contribution in [2.75, 3.05) is 19.6 Å². The van der Waals surface area contributed by atoms with E-state index in [9.17, 15) is 4.79 Å². The third-order valence-corrected chi connectivity index (χ3v) is 2.59. The quantitative estimate of drug-likeness (QED) is 0.697. The summed E-state index contributed by atoms with van der Waals surface area (Å²) in [6.45, 7) is 6.79. The average molecular weight is 184 g/mol. The van der Waals surface area contributed by atoms with Crippen LogP contribution in [0.1, 0.15) is 26.7 Å². The second-order valence-corrected chi connectivity index (χ2v) is 4.17. The number of Topliss-reactive ketones (excluding diaryl/α,β-unsaturated/α-hetero) is 1. The van der Waals surface area contributed by atoms with Gasteiger partial charge in [-0.2, -0.15) is 0 Å². The summed E-state index contributed by atoms with van der Waals surface area (Å²) in [5.41, 5.74) is 5.81. The van der Waals surface area contributed by atoms with E-state index < -0.39 is 0 Å². The standard InChI is InChI=1S/C10H20N2O/c1-8(2)10(13)9(11)7-12-5-3-4-6-12/h8-9H,3-7,11H2,1-2H3. The predicted molar refractivity (Wildman–Crippen MR) is 53.5 cm³/mol. The van der Waals surface area contributed by atoms with E-state index >= 15 is 0 Å². The first-order chi connectivity index (χ1) is 6.11. The molecule has 2 N–H and O–H groups in total. The molecular weight excluding hydrogens is 164 g/mol. The highest BCUT2D eigenvalue weighted by molar-refractivity contribution is 5.85. The molecule has 13 heavy (non-hydrogen) atoms.